The molecule has 35 heavy (non-hydrogen) atoms. The molecule has 1 aliphatic rings. The monoisotopic (exact) mass is 523 g/mol. The average molecular weight is 524 g/mol. The number of carbonyl (C=O) groups is 1. The number of rotatable bonds is 9. The number of hydrogen-bond donors (Lipinski definition) is 0. The molecule has 0 radical (unpaired) electrons. The van der Waals surface area contributed by atoms with E-state index in [1.54, 1.807) is 21.6 Å². The van der Waals surface area contributed by atoms with Crippen LogP contribution in [-0.2, 0) is 4.79 Å². The van der Waals surface area contributed by atoms with Crippen LogP contribution in [-0.4, -0.2) is 31.1 Å². The predicted octanol–water partition coefficient (Wildman–Crippen LogP) is 6.57. The summed E-state index contributed by atoms with van der Waals surface area (Å²) in [6.45, 7) is 6.90. The van der Waals surface area contributed by atoms with Gasteiger partial charge in [-0.05, 0) is 49.1 Å². The van der Waals surface area contributed by atoms with Gasteiger partial charge in [0.15, 0.2) is 0 Å². The van der Waals surface area contributed by atoms with Gasteiger partial charge in [-0.1, -0.05) is 93.1 Å². The normalized spacial score (nSPS) is 16.0. The molecule has 182 valence electrons. The molecular formula is C27H29N3O2S3. The zero-order valence-electron chi connectivity index (χ0n) is 20.2. The van der Waals surface area contributed by atoms with Gasteiger partial charge in [0.2, 0.25) is 0 Å². The van der Waals surface area contributed by atoms with E-state index < -0.39 is 0 Å². The SMILES string of the molecule is CCCC[C@H](CC)CN1C(=O)/C(=C/c2c(Sc3ccccc3)nc3ccc(C)cn3c2=O)SC1=S. The number of pyridine rings is 1. The maximum atomic E-state index is 13.6. The van der Waals surface area contributed by atoms with E-state index in [9.17, 15) is 9.59 Å². The van der Waals surface area contributed by atoms with Gasteiger partial charge in [0, 0.05) is 17.6 Å². The van der Waals surface area contributed by atoms with Gasteiger partial charge in [-0.25, -0.2) is 4.98 Å². The molecule has 3 heterocycles. The Morgan fingerprint density at radius 1 is 1.14 bits per heavy atom. The Morgan fingerprint density at radius 3 is 2.63 bits per heavy atom. The number of aryl methyl sites for hydroxylation is 1. The zero-order valence-corrected chi connectivity index (χ0v) is 22.6. The standard InChI is InChI=1S/C27H29N3O2S3/c1-4-6-10-19(5-2)17-30-26(32)22(35-27(30)33)15-21-24(34-20-11-8-7-9-12-20)28-23-14-13-18(3)16-29(23)25(21)31/h7-9,11-16,19H,4-6,10,17H2,1-3H3/b22-15-/t19-/m0/s1. The first-order valence-electron chi connectivity index (χ1n) is 11.9. The summed E-state index contributed by atoms with van der Waals surface area (Å²) < 4.78 is 2.10. The van der Waals surface area contributed by atoms with Crippen LogP contribution < -0.4 is 5.56 Å². The van der Waals surface area contributed by atoms with E-state index in [4.69, 9.17) is 17.2 Å². The van der Waals surface area contributed by atoms with E-state index in [-0.39, 0.29) is 11.5 Å². The summed E-state index contributed by atoms with van der Waals surface area (Å²) in [7, 11) is 0. The summed E-state index contributed by atoms with van der Waals surface area (Å²) >= 11 is 8.27. The molecule has 0 N–H and O–H groups in total. The molecule has 5 nitrogen and oxygen atoms in total. The molecule has 2 aromatic heterocycles. The van der Waals surface area contributed by atoms with Crippen molar-refractivity contribution in [2.24, 2.45) is 5.92 Å². The van der Waals surface area contributed by atoms with Gasteiger partial charge >= 0.3 is 0 Å². The summed E-state index contributed by atoms with van der Waals surface area (Å²) in [6, 6.07) is 13.6. The Balaban J connectivity index is 1.74. The van der Waals surface area contributed by atoms with Crippen LogP contribution in [0.25, 0.3) is 11.7 Å². The van der Waals surface area contributed by atoms with Crippen molar-refractivity contribution in [1.29, 1.82) is 0 Å². The maximum Gasteiger partial charge on any atom is 0.266 e. The fraction of sp³-hybridized carbons (Fsp3) is 0.333. The Hall–Kier alpha value is -2.42. The molecule has 0 saturated carbocycles. The molecule has 1 saturated heterocycles. The first-order chi connectivity index (χ1) is 16.9. The summed E-state index contributed by atoms with van der Waals surface area (Å²) in [5.41, 5.74) is 1.74. The molecule has 1 fully saturated rings. The van der Waals surface area contributed by atoms with Crippen LogP contribution in [0.2, 0.25) is 0 Å². The summed E-state index contributed by atoms with van der Waals surface area (Å²) in [6.07, 6.45) is 7.82. The highest BCUT2D eigenvalue weighted by Gasteiger charge is 2.33. The molecule has 0 aliphatic carbocycles. The Morgan fingerprint density at radius 2 is 1.91 bits per heavy atom. The van der Waals surface area contributed by atoms with E-state index >= 15 is 0 Å². The molecule has 3 aromatic rings. The van der Waals surface area contributed by atoms with Crippen LogP contribution in [0.15, 0.2) is 68.3 Å². The van der Waals surface area contributed by atoms with Gasteiger partial charge < -0.3 is 0 Å². The van der Waals surface area contributed by atoms with Crippen molar-refractivity contribution in [3.8, 4) is 0 Å². The summed E-state index contributed by atoms with van der Waals surface area (Å²) in [5, 5.41) is 0.574. The van der Waals surface area contributed by atoms with Crippen LogP contribution in [0.5, 0.6) is 0 Å². The van der Waals surface area contributed by atoms with Crippen LogP contribution >= 0.6 is 35.7 Å². The highest BCUT2D eigenvalue weighted by molar-refractivity contribution is 8.26. The number of unbranched alkanes of at least 4 members (excludes halogenated alkanes) is 1. The topological polar surface area (TPSA) is 54.7 Å². The van der Waals surface area contributed by atoms with Crippen LogP contribution in [0.1, 0.15) is 50.7 Å². The van der Waals surface area contributed by atoms with Gasteiger partial charge in [-0.15, -0.1) is 0 Å². The third kappa shape index (κ3) is 5.88. The van der Waals surface area contributed by atoms with Gasteiger partial charge in [0.25, 0.3) is 11.5 Å². The van der Waals surface area contributed by atoms with Crippen molar-refractivity contribution in [2.45, 2.75) is 56.4 Å². The predicted molar refractivity (Wildman–Crippen MR) is 150 cm³/mol. The van der Waals surface area contributed by atoms with Crippen LogP contribution in [0.3, 0.4) is 0 Å². The largest absolute Gasteiger partial charge is 0.293 e. The van der Waals surface area contributed by atoms with E-state index in [1.807, 2.05) is 49.4 Å². The van der Waals surface area contributed by atoms with Crippen molar-refractivity contribution in [2.75, 3.05) is 6.54 Å². The number of benzene rings is 1. The number of amides is 1. The lowest BCUT2D eigenvalue weighted by atomic mass is 9.99. The Kier molecular flexibility index (Phi) is 8.46. The third-order valence-corrected chi connectivity index (χ3v) is 8.45. The molecule has 1 aromatic carbocycles. The van der Waals surface area contributed by atoms with Gasteiger partial charge in [0.05, 0.1) is 10.5 Å². The fourth-order valence-electron chi connectivity index (χ4n) is 4.00. The number of nitrogens with zero attached hydrogens (tertiary/aromatic N) is 3. The molecule has 1 aliphatic heterocycles. The second-order valence-electron chi connectivity index (χ2n) is 8.69. The van der Waals surface area contributed by atoms with E-state index in [2.05, 4.69) is 13.8 Å². The number of fused-ring (bicyclic) bond motifs is 1. The Bertz CT molecular complexity index is 1330. The minimum atomic E-state index is -0.197. The number of thioether (sulfide) groups is 1. The van der Waals surface area contributed by atoms with Crippen molar-refractivity contribution in [3.05, 3.63) is 75.0 Å². The average Bonchev–Trinajstić information content (AvgIpc) is 3.12. The molecule has 0 unspecified atom stereocenters. The van der Waals surface area contributed by atoms with Gasteiger partial charge in [0.1, 0.15) is 15.0 Å². The highest BCUT2D eigenvalue weighted by atomic mass is 32.2. The summed E-state index contributed by atoms with van der Waals surface area (Å²) in [5.74, 6) is 0.288. The molecule has 0 spiro atoms. The first-order valence-corrected chi connectivity index (χ1v) is 14.0. The molecule has 1 amide bonds. The van der Waals surface area contributed by atoms with E-state index in [1.165, 1.54) is 23.5 Å². The second kappa shape index (κ2) is 11.5. The van der Waals surface area contributed by atoms with E-state index in [0.29, 0.717) is 37.9 Å². The van der Waals surface area contributed by atoms with Crippen LogP contribution in [0.4, 0.5) is 0 Å². The van der Waals surface area contributed by atoms with Crippen LogP contribution in [0, 0.1) is 12.8 Å². The molecule has 8 heteroatoms. The first kappa shape index (κ1) is 25.7. The lowest BCUT2D eigenvalue weighted by Gasteiger charge is -2.21. The second-order valence-corrected chi connectivity index (χ2v) is 11.4. The number of hydrogen-bond acceptors (Lipinski definition) is 6. The molecule has 4 rings (SSSR count). The summed E-state index contributed by atoms with van der Waals surface area (Å²) in [4.78, 5) is 34.9. The smallest absolute Gasteiger partial charge is 0.266 e. The lowest BCUT2D eigenvalue weighted by Crippen LogP contribution is -2.33. The molecular weight excluding hydrogens is 495 g/mol. The van der Waals surface area contributed by atoms with Gasteiger partial charge in [-0.2, -0.15) is 0 Å². The Labute approximate surface area is 220 Å². The van der Waals surface area contributed by atoms with Crippen molar-refractivity contribution in [1.82, 2.24) is 14.3 Å². The highest BCUT2D eigenvalue weighted by Crippen LogP contribution is 2.36. The van der Waals surface area contributed by atoms with Crippen molar-refractivity contribution < 1.29 is 4.79 Å². The molecule has 0 bridgehead atoms. The zero-order chi connectivity index (χ0) is 24.9. The van der Waals surface area contributed by atoms with Crippen molar-refractivity contribution in [3.63, 3.8) is 0 Å². The quantitative estimate of drug-likeness (QED) is 0.180. The van der Waals surface area contributed by atoms with Crippen molar-refractivity contribution >= 4 is 57.7 Å². The maximum absolute atomic E-state index is 13.6. The number of thiocarbonyl (C=S) groups is 1. The minimum Gasteiger partial charge on any atom is -0.293 e. The molecule has 1 atom stereocenters. The number of aromatic nitrogens is 2. The lowest BCUT2D eigenvalue weighted by molar-refractivity contribution is -0.122. The van der Waals surface area contributed by atoms with E-state index in [0.717, 1.165) is 36.1 Å². The third-order valence-electron chi connectivity index (χ3n) is 6.06. The number of carbonyl (C=O) groups excluding carboxylic acids is 1. The minimum absolute atomic E-state index is 0.126. The fourth-order valence-corrected chi connectivity index (χ4v) is 6.17. The van der Waals surface area contributed by atoms with Gasteiger partial charge in [-0.3, -0.25) is 18.9 Å².